The maximum atomic E-state index is 13.0. The number of carbonyl (C=O) groups is 3. The summed E-state index contributed by atoms with van der Waals surface area (Å²) in [7, 11) is 0. The average molecular weight is 499 g/mol. The minimum absolute atomic E-state index is 0.00733. The Labute approximate surface area is 215 Å². The zero-order valence-electron chi connectivity index (χ0n) is 22.0. The topological polar surface area (TPSA) is 73.4 Å². The third-order valence-corrected chi connectivity index (χ3v) is 7.92. The molecule has 3 amide bonds. The number of piperazine rings is 1. The summed E-state index contributed by atoms with van der Waals surface area (Å²) in [6.07, 6.45) is 7.87. The van der Waals surface area contributed by atoms with Crippen LogP contribution in [0.4, 0.5) is 0 Å². The quantitative estimate of drug-likeness (QED) is 0.603. The molecule has 2 atom stereocenters. The molecule has 0 bridgehead atoms. The predicted molar refractivity (Wildman–Crippen MR) is 139 cm³/mol. The van der Waals surface area contributed by atoms with E-state index in [1.165, 1.54) is 12.8 Å². The highest BCUT2D eigenvalue weighted by Crippen LogP contribution is 2.23. The minimum Gasteiger partial charge on any atom is -0.484 e. The molecule has 8 heteroatoms. The monoisotopic (exact) mass is 498 g/mol. The molecule has 3 aliphatic heterocycles. The van der Waals surface area contributed by atoms with Gasteiger partial charge in [0.1, 0.15) is 5.75 Å². The van der Waals surface area contributed by atoms with Crippen LogP contribution in [0.15, 0.2) is 24.3 Å². The smallest absolute Gasteiger partial charge is 0.260 e. The van der Waals surface area contributed by atoms with Crippen molar-refractivity contribution in [1.82, 2.24) is 19.6 Å². The van der Waals surface area contributed by atoms with Gasteiger partial charge in [-0.05, 0) is 70.2 Å². The van der Waals surface area contributed by atoms with E-state index < -0.39 is 0 Å². The van der Waals surface area contributed by atoms with Crippen molar-refractivity contribution >= 4 is 17.7 Å². The van der Waals surface area contributed by atoms with E-state index in [1.54, 1.807) is 24.3 Å². The highest BCUT2D eigenvalue weighted by molar-refractivity contribution is 5.94. The Balaban J connectivity index is 1.21. The SMILES string of the molecule is CC1CCCC(C)N1C(=O)COc1ccc(C(=O)N2CCN(CC(=O)N3CCCCCC3)CC2)cc1. The first-order valence-corrected chi connectivity index (χ1v) is 13.8. The molecule has 3 aliphatic rings. The van der Waals surface area contributed by atoms with Gasteiger partial charge in [-0.1, -0.05) is 12.8 Å². The molecule has 1 aromatic carbocycles. The lowest BCUT2D eigenvalue weighted by Crippen LogP contribution is -2.51. The second-order valence-electron chi connectivity index (χ2n) is 10.6. The molecule has 0 spiro atoms. The van der Waals surface area contributed by atoms with Crippen LogP contribution in [-0.4, -0.2) is 102 Å². The van der Waals surface area contributed by atoms with Crippen molar-refractivity contribution in [3.63, 3.8) is 0 Å². The molecule has 0 radical (unpaired) electrons. The fraction of sp³-hybridized carbons (Fsp3) is 0.679. The molecule has 1 aromatic rings. The van der Waals surface area contributed by atoms with Gasteiger partial charge in [0, 0.05) is 56.9 Å². The number of piperidine rings is 1. The van der Waals surface area contributed by atoms with E-state index in [0.717, 1.165) is 45.2 Å². The Morgan fingerprint density at radius 3 is 1.97 bits per heavy atom. The summed E-state index contributed by atoms with van der Waals surface area (Å²) in [6.45, 7) is 9.06. The van der Waals surface area contributed by atoms with E-state index in [1.807, 2.05) is 14.7 Å². The Bertz CT molecular complexity index is 879. The van der Waals surface area contributed by atoms with Crippen LogP contribution in [0, 0.1) is 0 Å². The van der Waals surface area contributed by atoms with Crippen molar-refractivity contribution in [1.29, 1.82) is 0 Å². The third kappa shape index (κ3) is 6.78. The molecule has 198 valence electrons. The largest absolute Gasteiger partial charge is 0.484 e. The number of amides is 3. The normalized spacial score (nSPS) is 23.8. The summed E-state index contributed by atoms with van der Waals surface area (Å²) in [4.78, 5) is 46.3. The van der Waals surface area contributed by atoms with Crippen molar-refractivity contribution in [2.45, 2.75) is 70.9 Å². The number of ether oxygens (including phenoxy) is 1. The van der Waals surface area contributed by atoms with Gasteiger partial charge < -0.3 is 19.4 Å². The van der Waals surface area contributed by atoms with E-state index in [2.05, 4.69) is 18.7 Å². The van der Waals surface area contributed by atoms with Crippen LogP contribution >= 0.6 is 0 Å². The Morgan fingerprint density at radius 2 is 1.36 bits per heavy atom. The van der Waals surface area contributed by atoms with E-state index in [-0.39, 0.29) is 36.4 Å². The summed E-state index contributed by atoms with van der Waals surface area (Å²) < 4.78 is 5.75. The van der Waals surface area contributed by atoms with E-state index in [0.29, 0.717) is 44.0 Å². The third-order valence-electron chi connectivity index (χ3n) is 7.92. The van der Waals surface area contributed by atoms with Gasteiger partial charge in [-0.25, -0.2) is 0 Å². The minimum atomic E-state index is -0.00733. The molecule has 0 N–H and O–H groups in total. The van der Waals surface area contributed by atoms with E-state index in [9.17, 15) is 14.4 Å². The molecule has 36 heavy (non-hydrogen) atoms. The second-order valence-corrected chi connectivity index (χ2v) is 10.6. The van der Waals surface area contributed by atoms with Crippen molar-refractivity contribution in [3.05, 3.63) is 29.8 Å². The molecule has 3 heterocycles. The van der Waals surface area contributed by atoms with Crippen molar-refractivity contribution in [2.75, 3.05) is 52.4 Å². The highest BCUT2D eigenvalue weighted by atomic mass is 16.5. The number of carbonyl (C=O) groups excluding carboxylic acids is 3. The van der Waals surface area contributed by atoms with Crippen LogP contribution in [0.25, 0.3) is 0 Å². The molecule has 8 nitrogen and oxygen atoms in total. The zero-order valence-corrected chi connectivity index (χ0v) is 22.0. The lowest BCUT2D eigenvalue weighted by molar-refractivity contribution is -0.139. The van der Waals surface area contributed by atoms with E-state index >= 15 is 0 Å². The van der Waals surface area contributed by atoms with Crippen LogP contribution in [0.1, 0.15) is 69.2 Å². The molecule has 0 saturated carbocycles. The van der Waals surface area contributed by atoms with Crippen molar-refractivity contribution < 1.29 is 19.1 Å². The predicted octanol–water partition coefficient (Wildman–Crippen LogP) is 3.02. The van der Waals surface area contributed by atoms with Gasteiger partial charge in [0.05, 0.1) is 6.54 Å². The van der Waals surface area contributed by atoms with Crippen LogP contribution in [-0.2, 0) is 9.59 Å². The summed E-state index contributed by atoms with van der Waals surface area (Å²) in [6, 6.07) is 7.56. The van der Waals surface area contributed by atoms with Crippen LogP contribution in [0.3, 0.4) is 0 Å². The highest BCUT2D eigenvalue weighted by Gasteiger charge is 2.29. The van der Waals surface area contributed by atoms with Crippen molar-refractivity contribution in [3.8, 4) is 5.75 Å². The van der Waals surface area contributed by atoms with Crippen LogP contribution in [0.2, 0.25) is 0 Å². The number of nitrogens with zero attached hydrogens (tertiary/aromatic N) is 4. The van der Waals surface area contributed by atoms with Crippen LogP contribution in [0.5, 0.6) is 5.75 Å². The lowest BCUT2D eigenvalue weighted by atomic mass is 9.97. The fourth-order valence-electron chi connectivity index (χ4n) is 5.73. The van der Waals surface area contributed by atoms with Gasteiger partial charge in [-0.3, -0.25) is 19.3 Å². The number of hydrogen-bond acceptors (Lipinski definition) is 5. The molecule has 0 aliphatic carbocycles. The number of likely N-dealkylation sites (tertiary alicyclic amines) is 2. The Hall–Kier alpha value is -2.61. The summed E-state index contributed by atoms with van der Waals surface area (Å²) >= 11 is 0. The van der Waals surface area contributed by atoms with Crippen LogP contribution < -0.4 is 4.74 Å². The van der Waals surface area contributed by atoms with Gasteiger partial charge in [0.25, 0.3) is 11.8 Å². The lowest BCUT2D eigenvalue weighted by Gasteiger charge is -2.39. The summed E-state index contributed by atoms with van der Waals surface area (Å²) in [5.74, 6) is 0.818. The second kappa shape index (κ2) is 12.6. The molecule has 4 rings (SSSR count). The molecule has 3 saturated heterocycles. The zero-order chi connectivity index (χ0) is 25.5. The molecular weight excluding hydrogens is 456 g/mol. The maximum absolute atomic E-state index is 13.0. The summed E-state index contributed by atoms with van der Waals surface area (Å²) in [5, 5.41) is 0. The van der Waals surface area contributed by atoms with Crippen molar-refractivity contribution in [2.24, 2.45) is 0 Å². The first kappa shape index (κ1) is 26.5. The number of benzene rings is 1. The molecule has 3 fully saturated rings. The molecule has 0 aromatic heterocycles. The first-order valence-electron chi connectivity index (χ1n) is 13.8. The summed E-state index contributed by atoms with van der Waals surface area (Å²) in [5.41, 5.74) is 0.612. The van der Waals surface area contributed by atoms with Gasteiger partial charge in [-0.15, -0.1) is 0 Å². The Kier molecular flexibility index (Phi) is 9.24. The fourth-order valence-corrected chi connectivity index (χ4v) is 5.73. The van der Waals surface area contributed by atoms with Gasteiger partial charge in [0.15, 0.2) is 6.61 Å². The molecular formula is C28H42N4O4. The average Bonchev–Trinajstić information content (AvgIpc) is 3.18. The van der Waals surface area contributed by atoms with Gasteiger partial charge >= 0.3 is 0 Å². The van der Waals surface area contributed by atoms with Gasteiger partial charge in [0.2, 0.25) is 5.91 Å². The number of hydrogen-bond donors (Lipinski definition) is 0. The Morgan fingerprint density at radius 1 is 0.750 bits per heavy atom. The maximum Gasteiger partial charge on any atom is 0.260 e. The first-order chi connectivity index (χ1) is 17.4. The standard InChI is InChI=1S/C28H42N4O4/c1-22-8-7-9-23(2)32(22)27(34)21-36-25-12-10-24(11-13-25)28(35)31-18-16-29(17-19-31)20-26(33)30-14-5-3-4-6-15-30/h10-13,22-23H,3-9,14-21H2,1-2H3. The molecule has 2 unspecified atom stereocenters. The van der Waals surface area contributed by atoms with E-state index in [4.69, 9.17) is 4.74 Å². The number of rotatable bonds is 6. The van der Waals surface area contributed by atoms with Gasteiger partial charge in [-0.2, -0.15) is 0 Å².